The summed E-state index contributed by atoms with van der Waals surface area (Å²) in [5, 5.41) is 13.1. The molecule has 6 heteroatoms. The van der Waals surface area contributed by atoms with Crippen LogP contribution in [0.4, 0.5) is 0 Å². The van der Waals surface area contributed by atoms with E-state index in [1.54, 1.807) is 4.68 Å². The lowest BCUT2D eigenvalue weighted by Gasteiger charge is -1.97. The van der Waals surface area contributed by atoms with Gasteiger partial charge >= 0.3 is 5.97 Å². The topological polar surface area (TPSA) is 68.0 Å². The van der Waals surface area contributed by atoms with Gasteiger partial charge < -0.3 is 5.11 Å². The Morgan fingerprint density at radius 1 is 1.77 bits per heavy atom. The molecule has 1 aromatic heterocycles. The number of rotatable bonds is 5. The van der Waals surface area contributed by atoms with Crippen LogP contribution < -0.4 is 0 Å². The summed E-state index contributed by atoms with van der Waals surface area (Å²) in [6.07, 6.45) is 2.36. The Balaban J connectivity index is 2.20. The van der Waals surface area contributed by atoms with Crippen molar-refractivity contribution >= 4 is 17.7 Å². The molecule has 5 nitrogen and oxygen atoms in total. The maximum atomic E-state index is 10.2. The molecule has 1 N–H and O–H groups in total. The van der Waals surface area contributed by atoms with Gasteiger partial charge in [-0.05, 0) is 6.42 Å². The van der Waals surface area contributed by atoms with Gasteiger partial charge in [-0.15, -0.1) is 0 Å². The number of carbonyl (C=O) groups is 1. The van der Waals surface area contributed by atoms with Gasteiger partial charge in [-0.2, -0.15) is 5.10 Å². The average molecular weight is 201 g/mol. The minimum atomic E-state index is -0.751. The van der Waals surface area contributed by atoms with Crippen molar-refractivity contribution in [1.82, 2.24) is 14.8 Å². The third-order valence-corrected chi connectivity index (χ3v) is 2.56. The molecule has 0 unspecified atom stereocenters. The van der Waals surface area contributed by atoms with Crippen LogP contribution in [0.25, 0.3) is 0 Å². The first-order valence-corrected chi connectivity index (χ1v) is 4.87. The van der Waals surface area contributed by atoms with Crippen LogP contribution in [0, 0.1) is 0 Å². The van der Waals surface area contributed by atoms with E-state index in [1.807, 2.05) is 7.05 Å². The predicted molar refractivity (Wildman–Crippen MR) is 48.6 cm³/mol. The van der Waals surface area contributed by atoms with E-state index in [2.05, 4.69) is 10.1 Å². The molecule has 0 aliphatic heterocycles. The molecule has 0 saturated carbocycles. The Hall–Kier alpha value is -1.04. The molecule has 0 aliphatic carbocycles. The average Bonchev–Trinajstić information content (AvgIpc) is 2.45. The van der Waals surface area contributed by atoms with Crippen LogP contribution in [-0.4, -0.2) is 31.6 Å². The van der Waals surface area contributed by atoms with E-state index in [-0.39, 0.29) is 6.42 Å². The van der Waals surface area contributed by atoms with Gasteiger partial charge in [0.05, 0.1) is 0 Å². The third-order valence-electron chi connectivity index (χ3n) is 1.44. The van der Waals surface area contributed by atoms with Crippen LogP contribution in [0.1, 0.15) is 12.8 Å². The predicted octanol–water partition coefficient (Wildman–Crippen LogP) is 0.772. The molecule has 0 atom stereocenters. The van der Waals surface area contributed by atoms with Crippen molar-refractivity contribution in [3.63, 3.8) is 0 Å². The van der Waals surface area contributed by atoms with Crippen LogP contribution in [-0.2, 0) is 11.8 Å². The molecule has 0 spiro atoms. The summed E-state index contributed by atoms with van der Waals surface area (Å²) in [4.78, 5) is 14.2. The summed E-state index contributed by atoms with van der Waals surface area (Å²) >= 11 is 1.52. The second kappa shape index (κ2) is 4.86. The fourth-order valence-corrected chi connectivity index (χ4v) is 1.63. The molecule has 0 radical (unpaired) electrons. The van der Waals surface area contributed by atoms with Crippen molar-refractivity contribution in [3.8, 4) is 0 Å². The number of aryl methyl sites for hydroxylation is 1. The molecule has 13 heavy (non-hydrogen) atoms. The van der Waals surface area contributed by atoms with Crippen LogP contribution in [0.15, 0.2) is 11.5 Å². The van der Waals surface area contributed by atoms with Crippen LogP contribution in [0.2, 0.25) is 0 Å². The van der Waals surface area contributed by atoms with Gasteiger partial charge in [-0.25, -0.2) is 9.67 Å². The second-order valence-corrected chi connectivity index (χ2v) is 3.57. The van der Waals surface area contributed by atoms with Crippen molar-refractivity contribution < 1.29 is 9.90 Å². The fourth-order valence-electron chi connectivity index (χ4n) is 0.803. The number of hydrogen-bond donors (Lipinski definition) is 1. The maximum absolute atomic E-state index is 10.2. The van der Waals surface area contributed by atoms with Crippen molar-refractivity contribution in [2.75, 3.05) is 5.75 Å². The number of aromatic nitrogens is 3. The van der Waals surface area contributed by atoms with Gasteiger partial charge in [0.15, 0.2) is 5.16 Å². The Morgan fingerprint density at radius 3 is 3.08 bits per heavy atom. The molecule has 0 aliphatic rings. The van der Waals surface area contributed by atoms with Crippen molar-refractivity contribution in [1.29, 1.82) is 0 Å². The summed E-state index contributed by atoms with van der Waals surface area (Å²) in [5.74, 6) is 0.0114. The van der Waals surface area contributed by atoms with E-state index in [9.17, 15) is 4.79 Å². The van der Waals surface area contributed by atoms with Gasteiger partial charge in [-0.3, -0.25) is 4.79 Å². The molecule has 0 amide bonds. The normalized spacial score (nSPS) is 10.2. The quantitative estimate of drug-likeness (QED) is 0.563. The molecule has 0 fully saturated rings. The van der Waals surface area contributed by atoms with E-state index < -0.39 is 5.97 Å². The third kappa shape index (κ3) is 3.45. The van der Waals surface area contributed by atoms with Crippen molar-refractivity contribution in [2.45, 2.75) is 18.0 Å². The molecule has 0 aromatic carbocycles. The van der Waals surface area contributed by atoms with Crippen LogP contribution in [0.3, 0.4) is 0 Å². The van der Waals surface area contributed by atoms with E-state index in [0.717, 1.165) is 10.9 Å². The van der Waals surface area contributed by atoms with E-state index >= 15 is 0 Å². The number of carboxylic acid groups (broad SMARTS) is 1. The lowest BCUT2D eigenvalue weighted by molar-refractivity contribution is -0.137. The zero-order valence-corrected chi connectivity index (χ0v) is 8.12. The molecule has 0 bridgehead atoms. The Bertz CT molecular complexity index is 287. The minimum Gasteiger partial charge on any atom is -0.481 e. The standard InChI is InChI=1S/C7H11N3O2S/c1-10-7(8-5-9-10)13-4-2-3-6(11)12/h5H,2-4H2,1H3,(H,11,12). The van der Waals surface area contributed by atoms with Crippen molar-refractivity contribution in [3.05, 3.63) is 6.33 Å². The maximum Gasteiger partial charge on any atom is 0.303 e. The van der Waals surface area contributed by atoms with Crippen LogP contribution in [0.5, 0.6) is 0 Å². The lowest BCUT2D eigenvalue weighted by Crippen LogP contribution is -1.97. The lowest BCUT2D eigenvalue weighted by atomic mass is 10.3. The molecule has 72 valence electrons. The molecule has 0 saturated heterocycles. The molecular formula is C7H11N3O2S. The summed E-state index contributed by atoms with van der Waals surface area (Å²) in [7, 11) is 1.81. The summed E-state index contributed by atoms with van der Waals surface area (Å²) in [6, 6.07) is 0. The van der Waals surface area contributed by atoms with Gasteiger partial charge in [-0.1, -0.05) is 11.8 Å². The Morgan fingerprint density at radius 2 is 2.54 bits per heavy atom. The first kappa shape index (κ1) is 10.0. The van der Waals surface area contributed by atoms with E-state index in [4.69, 9.17) is 5.11 Å². The van der Waals surface area contributed by atoms with Gasteiger partial charge in [0.2, 0.25) is 0 Å². The molecule has 1 heterocycles. The minimum absolute atomic E-state index is 0.213. The SMILES string of the molecule is Cn1ncnc1SCCCC(=O)O. The zero-order valence-electron chi connectivity index (χ0n) is 7.30. The fraction of sp³-hybridized carbons (Fsp3) is 0.571. The zero-order chi connectivity index (χ0) is 9.68. The second-order valence-electron chi connectivity index (χ2n) is 2.51. The van der Waals surface area contributed by atoms with Gasteiger partial charge in [0, 0.05) is 19.2 Å². The first-order chi connectivity index (χ1) is 6.20. The largest absolute Gasteiger partial charge is 0.481 e. The number of hydrogen-bond acceptors (Lipinski definition) is 4. The molecule has 1 aromatic rings. The molecule has 1 rings (SSSR count). The molecular weight excluding hydrogens is 190 g/mol. The highest BCUT2D eigenvalue weighted by Crippen LogP contribution is 2.14. The first-order valence-electron chi connectivity index (χ1n) is 3.88. The highest BCUT2D eigenvalue weighted by Gasteiger charge is 2.01. The highest BCUT2D eigenvalue weighted by atomic mass is 32.2. The van der Waals surface area contributed by atoms with E-state index in [1.165, 1.54) is 18.1 Å². The summed E-state index contributed by atoms with van der Waals surface area (Å²) in [6.45, 7) is 0. The number of thioether (sulfide) groups is 1. The summed E-state index contributed by atoms with van der Waals surface area (Å²) in [5.41, 5.74) is 0. The van der Waals surface area contributed by atoms with Gasteiger partial charge in [0.25, 0.3) is 0 Å². The van der Waals surface area contributed by atoms with Crippen molar-refractivity contribution in [2.24, 2.45) is 7.05 Å². The Labute approximate surface area is 80.2 Å². The van der Waals surface area contributed by atoms with Crippen LogP contribution >= 0.6 is 11.8 Å². The number of nitrogens with zero attached hydrogens (tertiary/aromatic N) is 3. The smallest absolute Gasteiger partial charge is 0.303 e. The Kier molecular flexibility index (Phi) is 3.75. The van der Waals surface area contributed by atoms with Gasteiger partial charge in [0.1, 0.15) is 6.33 Å². The van der Waals surface area contributed by atoms with E-state index in [0.29, 0.717) is 6.42 Å². The monoisotopic (exact) mass is 201 g/mol. The highest BCUT2D eigenvalue weighted by molar-refractivity contribution is 7.99. The summed E-state index contributed by atoms with van der Waals surface area (Å²) < 4.78 is 1.67. The number of carboxylic acids is 1. The number of aliphatic carboxylic acids is 1.